The summed E-state index contributed by atoms with van der Waals surface area (Å²) in [5.74, 6) is 0. The number of hydrogen-bond acceptors (Lipinski definition) is 1. The Hall–Kier alpha value is -0.760. The molecule has 0 amide bonds. The quantitative estimate of drug-likeness (QED) is 0.582. The number of hydrogen-bond donors (Lipinski definition) is 1. The van der Waals surface area contributed by atoms with E-state index in [1.165, 1.54) is 11.3 Å². The van der Waals surface area contributed by atoms with Crippen molar-refractivity contribution in [2.75, 3.05) is 5.32 Å². The van der Waals surface area contributed by atoms with Crippen LogP contribution in [0.4, 0.5) is 5.69 Å². The van der Waals surface area contributed by atoms with Gasteiger partial charge >= 0.3 is 0 Å². The molecule has 0 aromatic heterocycles. The maximum Gasteiger partial charge on any atom is 0.112 e. The second-order valence-electron chi connectivity index (χ2n) is 3.26. The Balaban J connectivity index is 2.39. The molecule has 1 aromatic carbocycles. The molecule has 1 N–H and O–H groups in total. The lowest BCUT2D eigenvalue weighted by Gasteiger charge is -2.29. The Morgan fingerprint density at radius 3 is 2.92 bits per heavy atom. The molecular formula is C11H12BrN. The van der Waals surface area contributed by atoms with Crippen LogP contribution in [0.25, 0.3) is 6.08 Å². The van der Waals surface area contributed by atoms with Crippen LogP contribution < -0.4 is 5.32 Å². The fraction of sp³-hybridized carbons (Fsp3) is 0.273. The summed E-state index contributed by atoms with van der Waals surface area (Å²) in [6, 6.07) is 8.32. The summed E-state index contributed by atoms with van der Waals surface area (Å²) >= 11 is 3.67. The predicted molar refractivity (Wildman–Crippen MR) is 61.0 cm³/mol. The lowest BCUT2D eigenvalue weighted by atomic mass is 10.0. The normalized spacial score (nSPS) is 25.1. The van der Waals surface area contributed by atoms with Gasteiger partial charge in [-0.2, -0.15) is 0 Å². The first kappa shape index (κ1) is 8.82. The molecule has 2 heteroatoms. The number of nitrogens with one attached hydrogen (secondary N) is 1. The molecule has 1 heterocycles. The number of alkyl halides is 1. The molecule has 0 saturated heterocycles. The van der Waals surface area contributed by atoms with Gasteiger partial charge in [0, 0.05) is 5.69 Å². The Labute approximate surface area is 87.0 Å². The predicted octanol–water partition coefficient (Wildman–Crippen LogP) is 3.63. The molecule has 0 bridgehead atoms. The van der Waals surface area contributed by atoms with Crippen LogP contribution in [-0.2, 0) is 0 Å². The van der Waals surface area contributed by atoms with E-state index in [-0.39, 0.29) is 4.45 Å². The summed E-state index contributed by atoms with van der Waals surface area (Å²) in [5, 5.41) is 3.45. The van der Waals surface area contributed by atoms with E-state index in [2.05, 4.69) is 58.5 Å². The average molecular weight is 238 g/mol. The van der Waals surface area contributed by atoms with Crippen molar-refractivity contribution in [3.8, 4) is 0 Å². The number of rotatable bonds is 1. The minimum Gasteiger partial charge on any atom is -0.367 e. The topological polar surface area (TPSA) is 12.0 Å². The largest absolute Gasteiger partial charge is 0.367 e. The molecule has 1 aromatic rings. The first-order chi connectivity index (χ1) is 6.23. The van der Waals surface area contributed by atoms with Gasteiger partial charge in [-0.25, -0.2) is 0 Å². The second-order valence-corrected chi connectivity index (χ2v) is 4.68. The van der Waals surface area contributed by atoms with E-state index in [0.29, 0.717) is 0 Å². The van der Waals surface area contributed by atoms with Crippen molar-refractivity contribution in [1.29, 1.82) is 0 Å². The van der Waals surface area contributed by atoms with E-state index < -0.39 is 0 Å². The summed E-state index contributed by atoms with van der Waals surface area (Å²) in [6.07, 6.45) is 5.34. The minimum atomic E-state index is -0.0542. The Morgan fingerprint density at radius 2 is 2.15 bits per heavy atom. The summed E-state index contributed by atoms with van der Waals surface area (Å²) in [6.45, 7) is 2.15. The summed E-state index contributed by atoms with van der Waals surface area (Å²) < 4.78 is -0.0542. The highest BCUT2D eigenvalue weighted by Crippen LogP contribution is 2.33. The highest BCUT2D eigenvalue weighted by molar-refractivity contribution is 9.10. The maximum atomic E-state index is 3.67. The number of anilines is 1. The molecule has 2 rings (SSSR count). The molecular weight excluding hydrogens is 226 g/mol. The van der Waals surface area contributed by atoms with Gasteiger partial charge in [0.05, 0.1) is 0 Å². The van der Waals surface area contributed by atoms with E-state index in [1.54, 1.807) is 0 Å². The molecule has 1 aliphatic heterocycles. The Morgan fingerprint density at radius 1 is 1.38 bits per heavy atom. The monoisotopic (exact) mass is 237 g/mol. The molecule has 0 spiro atoms. The van der Waals surface area contributed by atoms with Gasteiger partial charge in [-0.15, -0.1) is 0 Å². The van der Waals surface area contributed by atoms with Gasteiger partial charge in [0.15, 0.2) is 0 Å². The Kier molecular flexibility index (Phi) is 2.16. The van der Waals surface area contributed by atoms with E-state index >= 15 is 0 Å². The zero-order valence-corrected chi connectivity index (χ0v) is 9.14. The number of halogens is 1. The highest BCUT2D eigenvalue weighted by atomic mass is 79.9. The molecule has 1 nitrogen and oxygen atoms in total. The van der Waals surface area contributed by atoms with Crippen LogP contribution in [0.3, 0.4) is 0 Å². The van der Waals surface area contributed by atoms with Crippen molar-refractivity contribution < 1.29 is 0 Å². The van der Waals surface area contributed by atoms with Crippen molar-refractivity contribution in [2.45, 2.75) is 17.8 Å². The van der Waals surface area contributed by atoms with Crippen LogP contribution in [0.1, 0.15) is 18.9 Å². The summed E-state index contributed by atoms with van der Waals surface area (Å²) in [4.78, 5) is 0. The molecule has 0 fully saturated rings. The van der Waals surface area contributed by atoms with Gasteiger partial charge in [-0.1, -0.05) is 47.1 Å². The molecule has 0 saturated carbocycles. The number of para-hydroxylation sites is 1. The van der Waals surface area contributed by atoms with Gasteiger partial charge in [-0.3, -0.25) is 0 Å². The lowest BCUT2D eigenvalue weighted by Crippen LogP contribution is -2.29. The first-order valence-electron chi connectivity index (χ1n) is 4.49. The fourth-order valence-corrected chi connectivity index (χ4v) is 1.80. The zero-order chi connectivity index (χ0) is 9.31. The van der Waals surface area contributed by atoms with Crippen molar-refractivity contribution in [2.24, 2.45) is 0 Å². The van der Waals surface area contributed by atoms with Crippen molar-refractivity contribution in [1.82, 2.24) is 0 Å². The zero-order valence-electron chi connectivity index (χ0n) is 7.55. The van der Waals surface area contributed by atoms with Gasteiger partial charge in [0.25, 0.3) is 0 Å². The van der Waals surface area contributed by atoms with E-state index in [1.807, 2.05) is 6.07 Å². The first-order valence-corrected chi connectivity index (χ1v) is 5.28. The third-order valence-electron chi connectivity index (χ3n) is 2.34. The van der Waals surface area contributed by atoms with Crippen LogP contribution in [0.5, 0.6) is 0 Å². The van der Waals surface area contributed by atoms with Crippen LogP contribution in [0.15, 0.2) is 30.3 Å². The molecule has 1 unspecified atom stereocenters. The molecule has 13 heavy (non-hydrogen) atoms. The number of benzene rings is 1. The molecule has 68 valence electrons. The van der Waals surface area contributed by atoms with Gasteiger partial charge in [-0.05, 0) is 24.1 Å². The van der Waals surface area contributed by atoms with Crippen LogP contribution in [-0.4, -0.2) is 4.45 Å². The standard InChI is InChI=1S/C11H12BrN/c1-2-11(12)8-7-9-5-3-4-6-10(9)13-11/h3-8,13H,2H2,1H3. The maximum absolute atomic E-state index is 3.67. The lowest BCUT2D eigenvalue weighted by molar-refractivity contribution is 0.785. The average Bonchev–Trinajstić information content (AvgIpc) is 2.18. The van der Waals surface area contributed by atoms with Gasteiger partial charge in [0.1, 0.15) is 4.45 Å². The van der Waals surface area contributed by atoms with E-state index in [9.17, 15) is 0 Å². The van der Waals surface area contributed by atoms with Gasteiger partial charge in [0.2, 0.25) is 0 Å². The second kappa shape index (κ2) is 3.18. The molecule has 1 atom stereocenters. The summed E-state index contributed by atoms with van der Waals surface area (Å²) in [7, 11) is 0. The van der Waals surface area contributed by atoms with Crippen molar-refractivity contribution in [3.63, 3.8) is 0 Å². The number of fused-ring (bicyclic) bond motifs is 1. The minimum absolute atomic E-state index is 0.0542. The molecule has 0 aliphatic carbocycles. The molecule has 0 radical (unpaired) electrons. The van der Waals surface area contributed by atoms with E-state index in [0.717, 1.165) is 6.42 Å². The van der Waals surface area contributed by atoms with E-state index in [4.69, 9.17) is 0 Å². The Bertz CT molecular complexity index is 346. The van der Waals surface area contributed by atoms with Crippen molar-refractivity contribution >= 4 is 27.7 Å². The van der Waals surface area contributed by atoms with Gasteiger partial charge < -0.3 is 5.32 Å². The third-order valence-corrected chi connectivity index (χ3v) is 3.37. The van der Waals surface area contributed by atoms with Crippen LogP contribution in [0, 0.1) is 0 Å². The van der Waals surface area contributed by atoms with Crippen LogP contribution >= 0.6 is 15.9 Å². The fourth-order valence-electron chi connectivity index (χ4n) is 1.45. The third kappa shape index (κ3) is 1.63. The SMILES string of the molecule is CCC1(Br)C=Cc2ccccc2N1. The summed E-state index contributed by atoms with van der Waals surface area (Å²) in [5.41, 5.74) is 2.45. The highest BCUT2D eigenvalue weighted by Gasteiger charge is 2.23. The smallest absolute Gasteiger partial charge is 0.112 e. The van der Waals surface area contributed by atoms with Crippen LogP contribution in [0.2, 0.25) is 0 Å². The van der Waals surface area contributed by atoms with Crippen molar-refractivity contribution in [3.05, 3.63) is 35.9 Å². The molecule has 1 aliphatic rings.